The molecule has 0 fully saturated rings. The van der Waals surface area contributed by atoms with Crippen molar-refractivity contribution in [3.8, 4) is 0 Å². The van der Waals surface area contributed by atoms with Gasteiger partial charge >= 0.3 is 12.1 Å². The molecular formula is C20H30O5. The van der Waals surface area contributed by atoms with E-state index < -0.39 is 6.16 Å². The number of unbranched alkanes of at least 4 members (excludes halogenated alkanes) is 1. The maximum Gasteiger partial charge on any atom is 0.508 e. The molecule has 0 heterocycles. The summed E-state index contributed by atoms with van der Waals surface area (Å²) in [5.41, 5.74) is 1.78. The Balaban J connectivity index is 2.21. The fourth-order valence-corrected chi connectivity index (χ4v) is 2.27. The van der Waals surface area contributed by atoms with Crippen LogP contribution in [0.3, 0.4) is 0 Å². The number of aryl methyl sites for hydroxylation is 1. The zero-order valence-electron chi connectivity index (χ0n) is 15.6. The molecule has 25 heavy (non-hydrogen) atoms. The van der Waals surface area contributed by atoms with Crippen molar-refractivity contribution in [3.63, 3.8) is 0 Å². The molecule has 0 saturated carbocycles. The molecule has 1 aromatic carbocycles. The second kappa shape index (κ2) is 12.3. The first-order valence-corrected chi connectivity index (χ1v) is 9.16. The zero-order chi connectivity index (χ0) is 18.5. The van der Waals surface area contributed by atoms with Gasteiger partial charge in [0, 0.05) is 0 Å². The van der Waals surface area contributed by atoms with Crippen LogP contribution in [0.15, 0.2) is 24.3 Å². The molecule has 0 amide bonds. The third-order valence-electron chi connectivity index (χ3n) is 3.73. The first kappa shape index (κ1) is 21.0. The highest BCUT2D eigenvalue weighted by Gasteiger charge is 2.12. The minimum absolute atomic E-state index is 0.234. The highest BCUT2D eigenvalue weighted by Crippen LogP contribution is 2.11. The van der Waals surface area contributed by atoms with E-state index in [-0.39, 0.29) is 18.7 Å². The van der Waals surface area contributed by atoms with Crippen LogP contribution in [0.4, 0.5) is 4.79 Å². The van der Waals surface area contributed by atoms with Crippen molar-refractivity contribution in [2.24, 2.45) is 0 Å². The lowest BCUT2D eigenvalue weighted by Gasteiger charge is -2.13. The van der Waals surface area contributed by atoms with E-state index in [1.807, 2.05) is 26.0 Å². The lowest BCUT2D eigenvalue weighted by molar-refractivity contribution is 0.0270. The normalized spacial score (nSPS) is 11.6. The van der Waals surface area contributed by atoms with Gasteiger partial charge in [0.25, 0.3) is 0 Å². The van der Waals surface area contributed by atoms with E-state index in [0.29, 0.717) is 25.0 Å². The number of hydrogen-bond acceptors (Lipinski definition) is 5. The maximum absolute atomic E-state index is 12.1. The van der Waals surface area contributed by atoms with E-state index >= 15 is 0 Å². The third-order valence-corrected chi connectivity index (χ3v) is 3.73. The first-order valence-electron chi connectivity index (χ1n) is 9.16. The van der Waals surface area contributed by atoms with Crippen molar-refractivity contribution in [1.82, 2.24) is 0 Å². The molecule has 1 unspecified atom stereocenters. The SMILES string of the molecule is CCCCOC(=O)OCCCC(C)OC(=O)c1ccc(CCC)cc1. The average molecular weight is 350 g/mol. The fourth-order valence-electron chi connectivity index (χ4n) is 2.27. The molecule has 0 bridgehead atoms. The molecule has 5 heteroatoms. The van der Waals surface area contributed by atoms with E-state index in [2.05, 4.69) is 6.92 Å². The molecule has 1 rings (SSSR count). The molecule has 1 atom stereocenters. The monoisotopic (exact) mass is 350 g/mol. The lowest BCUT2D eigenvalue weighted by atomic mass is 10.1. The number of ether oxygens (including phenoxy) is 3. The summed E-state index contributed by atoms with van der Waals surface area (Å²) in [6, 6.07) is 7.52. The average Bonchev–Trinajstić information content (AvgIpc) is 2.60. The summed E-state index contributed by atoms with van der Waals surface area (Å²) in [6.45, 7) is 6.64. The summed E-state index contributed by atoms with van der Waals surface area (Å²) in [4.78, 5) is 23.4. The first-order chi connectivity index (χ1) is 12.1. The molecule has 0 aliphatic carbocycles. The molecule has 1 aromatic rings. The van der Waals surface area contributed by atoms with Gasteiger partial charge in [-0.3, -0.25) is 0 Å². The number of benzene rings is 1. The smallest absolute Gasteiger partial charge is 0.459 e. The van der Waals surface area contributed by atoms with E-state index in [0.717, 1.165) is 25.7 Å². The Morgan fingerprint density at radius 2 is 1.60 bits per heavy atom. The lowest BCUT2D eigenvalue weighted by Crippen LogP contribution is -2.16. The Kier molecular flexibility index (Phi) is 10.4. The summed E-state index contributed by atoms with van der Waals surface area (Å²) in [6.07, 6.45) is 4.27. The van der Waals surface area contributed by atoms with Crippen molar-refractivity contribution in [2.45, 2.75) is 65.4 Å². The zero-order valence-corrected chi connectivity index (χ0v) is 15.6. The van der Waals surface area contributed by atoms with Gasteiger partial charge in [0.15, 0.2) is 0 Å². The highest BCUT2D eigenvalue weighted by atomic mass is 16.7. The van der Waals surface area contributed by atoms with Crippen LogP contribution in [0.2, 0.25) is 0 Å². The Bertz CT molecular complexity index is 509. The Morgan fingerprint density at radius 3 is 2.20 bits per heavy atom. The van der Waals surface area contributed by atoms with Crippen molar-refractivity contribution in [2.75, 3.05) is 13.2 Å². The van der Waals surface area contributed by atoms with Crippen molar-refractivity contribution in [3.05, 3.63) is 35.4 Å². The maximum atomic E-state index is 12.1. The van der Waals surface area contributed by atoms with Gasteiger partial charge in [-0.25, -0.2) is 9.59 Å². The van der Waals surface area contributed by atoms with Crippen molar-refractivity contribution >= 4 is 12.1 Å². The molecule has 0 spiro atoms. The van der Waals surface area contributed by atoms with Crippen LogP contribution in [0, 0.1) is 0 Å². The van der Waals surface area contributed by atoms with Crippen molar-refractivity contribution < 1.29 is 23.8 Å². The van der Waals surface area contributed by atoms with Crippen LogP contribution in [0.25, 0.3) is 0 Å². The van der Waals surface area contributed by atoms with E-state index in [1.54, 1.807) is 12.1 Å². The molecule has 140 valence electrons. The number of carbonyl (C=O) groups excluding carboxylic acids is 2. The Morgan fingerprint density at radius 1 is 0.960 bits per heavy atom. The molecule has 0 N–H and O–H groups in total. The second-order valence-corrected chi connectivity index (χ2v) is 6.11. The Labute approximate surface area is 150 Å². The Hall–Kier alpha value is -2.04. The van der Waals surface area contributed by atoms with Crippen LogP contribution in [-0.2, 0) is 20.6 Å². The third kappa shape index (κ3) is 9.13. The number of carbonyl (C=O) groups is 2. The number of esters is 1. The minimum Gasteiger partial charge on any atom is -0.459 e. The van der Waals surface area contributed by atoms with E-state index in [9.17, 15) is 9.59 Å². The molecule has 0 radical (unpaired) electrons. The molecule has 5 nitrogen and oxygen atoms in total. The van der Waals surface area contributed by atoms with Crippen LogP contribution < -0.4 is 0 Å². The largest absolute Gasteiger partial charge is 0.508 e. The molecule has 0 aliphatic rings. The summed E-state index contributed by atoms with van der Waals surface area (Å²) in [5.74, 6) is -0.324. The van der Waals surface area contributed by atoms with E-state index in [4.69, 9.17) is 14.2 Å². The number of hydrogen-bond donors (Lipinski definition) is 0. The minimum atomic E-state index is -0.634. The fraction of sp³-hybridized carbons (Fsp3) is 0.600. The molecule has 0 saturated heterocycles. The summed E-state index contributed by atoms with van der Waals surface area (Å²) >= 11 is 0. The topological polar surface area (TPSA) is 61.8 Å². The predicted molar refractivity (Wildman–Crippen MR) is 96.8 cm³/mol. The van der Waals surface area contributed by atoms with Crippen LogP contribution in [0.1, 0.15) is 68.8 Å². The van der Waals surface area contributed by atoms with Gasteiger partial charge in [0.1, 0.15) is 0 Å². The summed E-state index contributed by atoms with van der Waals surface area (Å²) in [7, 11) is 0. The van der Waals surface area contributed by atoms with Gasteiger partial charge in [-0.05, 0) is 50.3 Å². The highest BCUT2D eigenvalue weighted by molar-refractivity contribution is 5.89. The van der Waals surface area contributed by atoms with Gasteiger partial charge in [0.05, 0.1) is 24.9 Å². The summed E-state index contributed by atoms with van der Waals surface area (Å²) < 4.78 is 15.3. The molecule has 0 aliphatic heterocycles. The summed E-state index contributed by atoms with van der Waals surface area (Å²) in [5, 5.41) is 0. The van der Waals surface area contributed by atoms with Crippen LogP contribution >= 0.6 is 0 Å². The number of rotatable bonds is 11. The van der Waals surface area contributed by atoms with E-state index in [1.165, 1.54) is 5.56 Å². The van der Waals surface area contributed by atoms with Crippen LogP contribution in [-0.4, -0.2) is 31.4 Å². The predicted octanol–water partition coefficient (Wildman–Crippen LogP) is 4.92. The van der Waals surface area contributed by atoms with Gasteiger partial charge in [-0.2, -0.15) is 0 Å². The molecule has 0 aromatic heterocycles. The molecular weight excluding hydrogens is 320 g/mol. The van der Waals surface area contributed by atoms with Crippen LogP contribution in [0.5, 0.6) is 0 Å². The quantitative estimate of drug-likeness (QED) is 0.419. The van der Waals surface area contributed by atoms with Crippen molar-refractivity contribution in [1.29, 1.82) is 0 Å². The standard InChI is InChI=1S/C20H30O5/c1-4-6-14-23-20(22)24-15-7-9-16(3)25-19(21)18-12-10-17(8-5-2)11-13-18/h10-13,16H,4-9,14-15H2,1-3H3. The van der Waals surface area contributed by atoms with Gasteiger partial charge in [-0.1, -0.05) is 38.8 Å². The van der Waals surface area contributed by atoms with Gasteiger partial charge in [-0.15, -0.1) is 0 Å². The van der Waals surface area contributed by atoms with Gasteiger partial charge in [0.2, 0.25) is 0 Å². The van der Waals surface area contributed by atoms with Gasteiger partial charge < -0.3 is 14.2 Å². The second-order valence-electron chi connectivity index (χ2n) is 6.11.